The largest absolute Gasteiger partial charge is 0.462 e. The number of carbonyl (C=O) groups is 1. The van der Waals surface area contributed by atoms with Crippen LogP contribution >= 0.6 is 11.3 Å². The van der Waals surface area contributed by atoms with Crippen LogP contribution in [0.15, 0.2) is 23.3 Å². The summed E-state index contributed by atoms with van der Waals surface area (Å²) < 4.78 is 7.14. The molecule has 0 atom stereocenters. The molecule has 4 rings (SSSR count). The summed E-state index contributed by atoms with van der Waals surface area (Å²) in [6.45, 7) is 4.32. The number of aryl methyl sites for hydroxylation is 3. The molecule has 1 N–H and O–H groups in total. The molecule has 0 radical (unpaired) electrons. The SMILES string of the molecule is CCOC(=O)c1sc2nc(C[n+]3ccc4c(c3)CCCC4)[nH]c(=O)c2c1C. The van der Waals surface area contributed by atoms with E-state index in [1.54, 1.807) is 13.8 Å². The van der Waals surface area contributed by atoms with Crippen molar-refractivity contribution in [3.05, 3.63) is 56.2 Å². The highest BCUT2D eigenvalue weighted by atomic mass is 32.1. The van der Waals surface area contributed by atoms with Gasteiger partial charge in [-0.05, 0) is 50.7 Å². The predicted molar refractivity (Wildman–Crippen MR) is 103 cm³/mol. The molecule has 0 saturated heterocycles. The Hall–Kier alpha value is -2.54. The van der Waals surface area contributed by atoms with Gasteiger partial charge in [0, 0.05) is 11.6 Å². The molecule has 6 nitrogen and oxygen atoms in total. The van der Waals surface area contributed by atoms with Crippen molar-refractivity contribution in [2.75, 3.05) is 6.61 Å². The summed E-state index contributed by atoms with van der Waals surface area (Å²) in [6, 6.07) is 2.17. The van der Waals surface area contributed by atoms with Crippen molar-refractivity contribution in [2.24, 2.45) is 0 Å². The first-order valence-electron chi connectivity index (χ1n) is 9.27. The molecular formula is C20H22N3O3S+. The molecule has 0 bridgehead atoms. The minimum atomic E-state index is -0.400. The van der Waals surface area contributed by atoms with Gasteiger partial charge in [-0.15, -0.1) is 11.3 Å². The number of aromatic amines is 1. The third kappa shape index (κ3) is 3.39. The zero-order valence-electron chi connectivity index (χ0n) is 15.5. The Morgan fingerprint density at radius 2 is 2.11 bits per heavy atom. The highest BCUT2D eigenvalue weighted by Gasteiger charge is 2.21. The molecule has 0 spiro atoms. The smallest absolute Gasteiger partial charge is 0.348 e. The van der Waals surface area contributed by atoms with Crippen LogP contribution in [0.3, 0.4) is 0 Å². The number of thiophene rings is 1. The molecule has 0 unspecified atom stereocenters. The first kappa shape index (κ1) is 17.9. The first-order valence-corrected chi connectivity index (χ1v) is 10.1. The number of esters is 1. The van der Waals surface area contributed by atoms with Crippen LogP contribution in [0.25, 0.3) is 10.2 Å². The second-order valence-electron chi connectivity index (χ2n) is 6.84. The second-order valence-corrected chi connectivity index (χ2v) is 7.84. The zero-order valence-corrected chi connectivity index (χ0v) is 16.3. The summed E-state index contributed by atoms with van der Waals surface area (Å²) in [4.78, 5) is 33.2. The van der Waals surface area contributed by atoms with E-state index in [0.29, 0.717) is 39.6 Å². The van der Waals surface area contributed by atoms with Gasteiger partial charge in [0.1, 0.15) is 9.71 Å². The van der Waals surface area contributed by atoms with E-state index in [0.717, 1.165) is 12.8 Å². The first-order chi connectivity index (χ1) is 13.1. The third-order valence-corrected chi connectivity index (χ3v) is 6.15. The molecule has 7 heteroatoms. The summed E-state index contributed by atoms with van der Waals surface area (Å²) in [7, 11) is 0. The van der Waals surface area contributed by atoms with E-state index in [-0.39, 0.29) is 5.56 Å². The van der Waals surface area contributed by atoms with E-state index in [1.165, 1.54) is 35.3 Å². The minimum Gasteiger partial charge on any atom is -0.462 e. The Morgan fingerprint density at radius 1 is 1.33 bits per heavy atom. The van der Waals surface area contributed by atoms with Crippen molar-refractivity contribution in [1.29, 1.82) is 0 Å². The van der Waals surface area contributed by atoms with E-state index < -0.39 is 5.97 Å². The summed E-state index contributed by atoms with van der Waals surface area (Å²) in [6.07, 6.45) is 8.92. The molecule has 0 amide bonds. The highest BCUT2D eigenvalue weighted by molar-refractivity contribution is 7.20. The quantitative estimate of drug-likeness (QED) is 0.554. The van der Waals surface area contributed by atoms with E-state index >= 15 is 0 Å². The normalized spacial score (nSPS) is 13.6. The minimum absolute atomic E-state index is 0.210. The van der Waals surface area contributed by atoms with Crippen molar-refractivity contribution >= 4 is 27.5 Å². The number of pyridine rings is 1. The van der Waals surface area contributed by atoms with Crippen molar-refractivity contribution in [1.82, 2.24) is 9.97 Å². The number of rotatable bonds is 4. The maximum Gasteiger partial charge on any atom is 0.348 e. The lowest BCUT2D eigenvalue weighted by Gasteiger charge is -2.13. The number of aromatic nitrogens is 3. The molecule has 3 aromatic rings. The summed E-state index contributed by atoms with van der Waals surface area (Å²) >= 11 is 1.22. The van der Waals surface area contributed by atoms with E-state index in [4.69, 9.17) is 4.74 Å². The highest BCUT2D eigenvalue weighted by Crippen LogP contribution is 2.27. The van der Waals surface area contributed by atoms with Crippen LogP contribution in [0.5, 0.6) is 0 Å². The van der Waals surface area contributed by atoms with Gasteiger partial charge >= 0.3 is 5.97 Å². The van der Waals surface area contributed by atoms with Gasteiger partial charge in [-0.3, -0.25) is 4.79 Å². The summed E-state index contributed by atoms with van der Waals surface area (Å²) in [5.41, 5.74) is 3.22. The Morgan fingerprint density at radius 3 is 2.89 bits per heavy atom. The van der Waals surface area contributed by atoms with E-state index in [1.807, 2.05) is 6.20 Å². The van der Waals surface area contributed by atoms with Crippen LogP contribution in [-0.4, -0.2) is 22.5 Å². The Labute approximate surface area is 160 Å². The molecule has 0 aromatic carbocycles. The molecule has 0 saturated carbocycles. The fraction of sp³-hybridized carbons (Fsp3) is 0.400. The van der Waals surface area contributed by atoms with Gasteiger partial charge in [0.15, 0.2) is 18.2 Å². The van der Waals surface area contributed by atoms with Crippen LogP contribution in [0, 0.1) is 6.92 Å². The van der Waals surface area contributed by atoms with E-state index in [9.17, 15) is 9.59 Å². The number of fused-ring (bicyclic) bond motifs is 2. The molecule has 1 aliphatic rings. The number of H-pyrrole nitrogens is 1. The fourth-order valence-corrected chi connectivity index (χ4v) is 4.74. The fourth-order valence-electron chi connectivity index (χ4n) is 3.64. The molecule has 1 aliphatic carbocycles. The van der Waals surface area contributed by atoms with Gasteiger partial charge in [0.25, 0.3) is 5.56 Å². The van der Waals surface area contributed by atoms with Crippen LogP contribution in [-0.2, 0) is 24.1 Å². The summed E-state index contributed by atoms with van der Waals surface area (Å²) in [5, 5.41) is 0.474. The maximum absolute atomic E-state index is 12.6. The Bertz CT molecular complexity index is 1080. The van der Waals surface area contributed by atoms with Crippen molar-refractivity contribution < 1.29 is 14.1 Å². The molecule has 140 valence electrons. The zero-order chi connectivity index (χ0) is 19.0. The van der Waals surface area contributed by atoms with Crippen molar-refractivity contribution in [3.8, 4) is 0 Å². The molecule has 27 heavy (non-hydrogen) atoms. The van der Waals surface area contributed by atoms with Gasteiger partial charge < -0.3 is 9.72 Å². The lowest BCUT2D eigenvalue weighted by molar-refractivity contribution is -0.689. The Kier molecular flexibility index (Phi) is 4.78. The van der Waals surface area contributed by atoms with Crippen LogP contribution in [0.1, 0.15) is 52.0 Å². The van der Waals surface area contributed by atoms with Gasteiger partial charge in [0.05, 0.1) is 12.0 Å². The molecular weight excluding hydrogens is 362 g/mol. The topological polar surface area (TPSA) is 75.9 Å². The van der Waals surface area contributed by atoms with Gasteiger partial charge in [-0.2, -0.15) is 4.57 Å². The van der Waals surface area contributed by atoms with Gasteiger partial charge in [0.2, 0.25) is 6.54 Å². The standard InChI is InChI=1S/C20H21N3O3S/c1-3-26-20(25)17-12(2)16-18(24)21-15(22-19(16)27-17)11-23-9-8-13-6-4-5-7-14(13)10-23/h8-10H,3-7,11H2,1-2H3/p+1. The molecule has 3 heterocycles. The van der Waals surface area contributed by atoms with Crippen LogP contribution in [0.4, 0.5) is 0 Å². The number of ether oxygens (including phenoxy) is 1. The lowest BCUT2D eigenvalue weighted by atomic mass is 9.93. The van der Waals surface area contributed by atoms with Crippen molar-refractivity contribution in [3.63, 3.8) is 0 Å². The Balaban J connectivity index is 1.69. The maximum atomic E-state index is 12.6. The number of hydrogen-bond acceptors (Lipinski definition) is 5. The monoisotopic (exact) mass is 384 g/mol. The third-order valence-electron chi connectivity index (χ3n) is 4.99. The molecule has 0 fully saturated rings. The van der Waals surface area contributed by atoms with E-state index in [2.05, 4.69) is 26.8 Å². The van der Waals surface area contributed by atoms with Gasteiger partial charge in [-0.1, -0.05) is 0 Å². The number of nitrogens with one attached hydrogen (secondary N) is 1. The van der Waals surface area contributed by atoms with Gasteiger partial charge in [-0.25, -0.2) is 9.78 Å². The number of hydrogen-bond donors (Lipinski definition) is 1. The molecule has 3 aromatic heterocycles. The lowest BCUT2D eigenvalue weighted by Crippen LogP contribution is -2.36. The summed E-state index contributed by atoms with van der Waals surface area (Å²) in [5.74, 6) is 0.188. The average Bonchev–Trinajstić information content (AvgIpc) is 2.99. The second kappa shape index (κ2) is 7.23. The van der Waals surface area contributed by atoms with Crippen LogP contribution in [0.2, 0.25) is 0 Å². The van der Waals surface area contributed by atoms with Crippen LogP contribution < -0.4 is 10.1 Å². The average molecular weight is 384 g/mol. The molecule has 0 aliphatic heterocycles. The number of nitrogens with zero attached hydrogens (tertiary/aromatic N) is 2. The van der Waals surface area contributed by atoms with Crippen molar-refractivity contribution in [2.45, 2.75) is 46.1 Å². The predicted octanol–water partition coefficient (Wildman–Crippen LogP) is 2.68. The number of carbonyl (C=O) groups excluding carboxylic acids is 1.